The Morgan fingerprint density at radius 3 is 3.11 bits per heavy atom. The van der Waals surface area contributed by atoms with Crippen LogP contribution in [-0.2, 0) is 4.74 Å². The van der Waals surface area contributed by atoms with Crippen LogP contribution in [0.1, 0.15) is 30.1 Å². The van der Waals surface area contributed by atoms with Gasteiger partial charge in [0.2, 0.25) is 0 Å². The molecule has 0 spiro atoms. The first kappa shape index (κ1) is 14.0. The predicted molar refractivity (Wildman–Crippen MR) is 71.0 cm³/mol. The van der Waals surface area contributed by atoms with Gasteiger partial charge in [0.05, 0.1) is 12.2 Å². The van der Waals surface area contributed by atoms with E-state index in [2.05, 4.69) is 5.32 Å². The molecule has 1 aliphatic rings. The monoisotopic (exact) mass is 262 g/mol. The van der Waals surface area contributed by atoms with Crippen LogP contribution in [0, 0.1) is 30.0 Å². The lowest BCUT2D eigenvalue weighted by molar-refractivity contribution is 0.0206. The van der Waals surface area contributed by atoms with Gasteiger partial charge in [-0.2, -0.15) is 5.26 Å². The third-order valence-electron chi connectivity index (χ3n) is 3.64. The van der Waals surface area contributed by atoms with E-state index < -0.39 is 0 Å². The number of piperidine rings is 1. The molecular formula is C15H19FN2O. The van der Waals surface area contributed by atoms with Gasteiger partial charge in [-0.1, -0.05) is 6.07 Å². The quantitative estimate of drug-likeness (QED) is 0.907. The Hall–Kier alpha value is -1.44. The van der Waals surface area contributed by atoms with Gasteiger partial charge in [0.25, 0.3) is 0 Å². The number of nitriles is 1. The Bertz CT molecular complexity index is 464. The Morgan fingerprint density at radius 1 is 1.58 bits per heavy atom. The van der Waals surface area contributed by atoms with E-state index in [1.807, 2.05) is 13.0 Å². The molecule has 2 atom stereocenters. The second-order valence-corrected chi connectivity index (χ2v) is 5.00. The first-order chi connectivity index (χ1) is 9.22. The summed E-state index contributed by atoms with van der Waals surface area (Å²) in [4.78, 5) is 0. The summed E-state index contributed by atoms with van der Waals surface area (Å²) in [5.74, 6) is 0.0394. The maximum atomic E-state index is 13.5. The SMILES string of the molecule is Cc1ccc(F)cc1[C@H](OCC#N)C1CCCNC1. The van der Waals surface area contributed by atoms with E-state index in [1.54, 1.807) is 6.07 Å². The average molecular weight is 262 g/mol. The van der Waals surface area contributed by atoms with E-state index >= 15 is 0 Å². The van der Waals surface area contributed by atoms with Crippen molar-refractivity contribution in [3.63, 3.8) is 0 Å². The zero-order valence-electron chi connectivity index (χ0n) is 11.2. The maximum Gasteiger partial charge on any atom is 0.134 e. The molecule has 1 aliphatic heterocycles. The summed E-state index contributed by atoms with van der Waals surface area (Å²) in [6, 6.07) is 6.76. The molecule has 19 heavy (non-hydrogen) atoms. The van der Waals surface area contributed by atoms with Gasteiger partial charge in [0.15, 0.2) is 0 Å². The van der Waals surface area contributed by atoms with Gasteiger partial charge in [0.1, 0.15) is 12.4 Å². The molecule has 1 N–H and O–H groups in total. The Morgan fingerprint density at radius 2 is 2.42 bits per heavy atom. The highest BCUT2D eigenvalue weighted by atomic mass is 19.1. The maximum absolute atomic E-state index is 13.5. The lowest BCUT2D eigenvalue weighted by Gasteiger charge is -2.31. The number of ether oxygens (including phenoxy) is 1. The van der Waals surface area contributed by atoms with Gasteiger partial charge >= 0.3 is 0 Å². The van der Waals surface area contributed by atoms with Crippen molar-refractivity contribution in [1.29, 1.82) is 5.26 Å². The second kappa shape index (κ2) is 6.65. The van der Waals surface area contributed by atoms with E-state index in [-0.39, 0.29) is 18.5 Å². The summed E-state index contributed by atoms with van der Waals surface area (Å²) in [6.45, 7) is 3.86. The molecule has 4 heteroatoms. The number of halogens is 1. The van der Waals surface area contributed by atoms with Crippen LogP contribution < -0.4 is 5.32 Å². The van der Waals surface area contributed by atoms with E-state index in [4.69, 9.17) is 10.00 Å². The molecule has 0 aromatic heterocycles. The zero-order valence-corrected chi connectivity index (χ0v) is 11.2. The molecule has 1 aromatic rings. The van der Waals surface area contributed by atoms with Crippen molar-refractivity contribution in [3.8, 4) is 6.07 Å². The Labute approximate surface area is 113 Å². The molecule has 1 aromatic carbocycles. The lowest BCUT2D eigenvalue weighted by Crippen LogP contribution is -2.34. The number of aryl methyl sites for hydroxylation is 1. The topological polar surface area (TPSA) is 45.0 Å². The van der Waals surface area contributed by atoms with Crippen LogP contribution >= 0.6 is 0 Å². The van der Waals surface area contributed by atoms with Crippen molar-refractivity contribution in [2.75, 3.05) is 19.7 Å². The van der Waals surface area contributed by atoms with E-state index in [1.165, 1.54) is 12.1 Å². The molecule has 3 nitrogen and oxygen atoms in total. The summed E-state index contributed by atoms with van der Waals surface area (Å²) in [5.41, 5.74) is 1.87. The van der Waals surface area contributed by atoms with Crippen molar-refractivity contribution in [2.24, 2.45) is 5.92 Å². The third-order valence-corrected chi connectivity index (χ3v) is 3.64. The number of rotatable bonds is 4. The van der Waals surface area contributed by atoms with Gasteiger partial charge in [-0.3, -0.25) is 0 Å². The molecule has 102 valence electrons. The van der Waals surface area contributed by atoms with Crippen molar-refractivity contribution in [1.82, 2.24) is 5.32 Å². The average Bonchev–Trinajstić information content (AvgIpc) is 2.44. The van der Waals surface area contributed by atoms with Crippen LogP contribution in [0.2, 0.25) is 0 Å². The molecule has 1 saturated heterocycles. The number of nitrogens with one attached hydrogen (secondary N) is 1. The van der Waals surface area contributed by atoms with Crippen molar-refractivity contribution in [2.45, 2.75) is 25.9 Å². The fourth-order valence-corrected chi connectivity index (χ4v) is 2.66. The zero-order chi connectivity index (χ0) is 13.7. The van der Waals surface area contributed by atoms with E-state index in [9.17, 15) is 4.39 Å². The van der Waals surface area contributed by atoms with Gasteiger partial charge in [-0.15, -0.1) is 0 Å². The molecule has 0 aliphatic carbocycles. The van der Waals surface area contributed by atoms with Gasteiger partial charge in [-0.05, 0) is 49.6 Å². The van der Waals surface area contributed by atoms with E-state index in [0.29, 0.717) is 5.92 Å². The molecule has 0 amide bonds. The third kappa shape index (κ3) is 3.52. The first-order valence-electron chi connectivity index (χ1n) is 6.67. The summed E-state index contributed by atoms with van der Waals surface area (Å²) in [7, 11) is 0. The Balaban J connectivity index is 2.25. The highest BCUT2D eigenvalue weighted by molar-refractivity contribution is 5.29. The number of hydrogen-bond donors (Lipinski definition) is 1. The van der Waals surface area contributed by atoms with Crippen molar-refractivity contribution < 1.29 is 9.13 Å². The fraction of sp³-hybridized carbons (Fsp3) is 0.533. The number of benzene rings is 1. The smallest absolute Gasteiger partial charge is 0.134 e. The van der Waals surface area contributed by atoms with Crippen LogP contribution in [-0.4, -0.2) is 19.7 Å². The summed E-state index contributed by atoms with van der Waals surface area (Å²) >= 11 is 0. The molecule has 1 heterocycles. The van der Waals surface area contributed by atoms with Crippen LogP contribution in [0.15, 0.2) is 18.2 Å². The largest absolute Gasteiger partial charge is 0.358 e. The second-order valence-electron chi connectivity index (χ2n) is 5.00. The standard InChI is InChI=1S/C15H19FN2O/c1-11-4-5-13(16)9-14(11)15(19-8-6-17)12-3-2-7-18-10-12/h4-5,9,12,15,18H,2-3,7-8,10H2,1H3/t12?,15-/m1/s1. The molecule has 0 radical (unpaired) electrons. The summed E-state index contributed by atoms with van der Waals surface area (Å²) in [6.07, 6.45) is 1.92. The van der Waals surface area contributed by atoms with Crippen LogP contribution in [0.3, 0.4) is 0 Å². The fourth-order valence-electron chi connectivity index (χ4n) is 2.66. The van der Waals surface area contributed by atoms with Crippen molar-refractivity contribution in [3.05, 3.63) is 35.1 Å². The molecule has 1 fully saturated rings. The van der Waals surface area contributed by atoms with Crippen LogP contribution in [0.5, 0.6) is 0 Å². The highest BCUT2D eigenvalue weighted by Crippen LogP contribution is 2.32. The van der Waals surface area contributed by atoms with Crippen LogP contribution in [0.25, 0.3) is 0 Å². The summed E-state index contributed by atoms with van der Waals surface area (Å²) < 4.78 is 19.1. The normalized spacial score (nSPS) is 20.8. The molecular weight excluding hydrogens is 243 g/mol. The molecule has 1 unspecified atom stereocenters. The molecule has 2 rings (SSSR count). The minimum absolute atomic E-state index is 0.0388. The first-order valence-corrected chi connectivity index (χ1v) is 6.67. The van der Waals surface area contributed by atoms with Gasteiger partial charge < -0.3 is 10.1 Å². The summed E-state index contributed by atoms with van der Waals surface area (Å²) in [5, 5.41) is 12.1. The predicted octanol–water partition coefficient (Wildman–Crippen LogP) is 2.72. The van der Waals surface area contributed by atoms with Crippen molar-refractivity contribution >= 4 is 0 Å². The molecule has 0 saturated carbocycles. The number of hydrogen-bond acceptors (Lipinski definition) is 3. The van der Waals surface area contributed by atoms with E-state index in [0.717, 1.165) is 37.1 Å². The number of nitrogens with zero attached hydrogens (tertiary/aromatic N) is 1. The minimum Gasteiger partial charge on any atom is -0.358 e. The lowest BCUT2D eigenvalue weighted by atomic mass is 9.87. The highest BCUT2D eigenvalue weighted by Gasteiger charge is 2.27. The van der Waals surface area contributed by atoms with Crippen LogP contribution in [0.4, 0.5) is 4.39 Å². The van der Waals surface area contributed by atoms with Gasteiger partial charge in [0, 0.05) is 12.5 Å². The minimum atomic E-state index is -0.255. The molecule has 0 bridgehead atoms. The van der Waals surface area contributed by atoms with Gasteiger partial charge in [-0.25, -0.2) is 4.39 Å². The Kier molecular flexibility index (Phi) is 4.89.